The van der Waals surface area contributed by atoms with Crippen molar-refractivity contribution >= 4 is 11.6 Å². The SMILES string of the molecule is CC(C)(C)NCC(O)COc1cc(O)c2c(c1)C(=O)c1ccccc1C2=O. The number of aliphatic hydroxyl groups excluding tert-OH is 1. The van der Waals surface area contributed by atoms with Crippen LogP contribution in [0.25, 0.3) is 0 Å². The van der Waals surface area contributed by atoms with E-state index in [9.17, 15) is 19.8 Å². The summed E-state index contributed by atoms with van der Waals surface area (Å²) in [6, 6.07) is 9.26. The van der Waals surface area contributed by atoms with Crippen molar-refractivity contribution in [1.29, 1.82) is 0 Å². The van der Waals surface area contributed by atoms with Gasteiger partial charge in [-0.2, -0.15) is 0 Å². The molecule has 0 heterocycles. The van der Waals surface area contributed by atoms with E-state index in [0.717, 1.165) is 0 Å². The first-order valence-electron chi connectivity index (χ1n) is 8.78. The van der Waals surface area contributed by atoms with E-state index >= 15 is 0 Å². The number of aromatic hydroxyl groups is 1. The molecular formula is C21H23NO5. The summed E-state index contributed by atoms with van der Waals surface area (Å²) in [5.41, 5.74) is 0.547. The highest BCUT2D eigenvalue weighted by Crippen LogP contribution is 2.35. The van der Waals surface area contributed by atoms with Gasteiger partial charge < -0.3 is 20.3 Å². The van der Waals surface area contributed by atoms with Gasteiger partial charge in [-0.15, -0.1) is 0 Å². The van der Waals surface area contributed by atoms with Crippen LogP contribution in [0, 0.1) is 0 Å². The van der Waals surface area contributed by atoms with E-state index in [4.69, 9.17) is 4.74 Å². The zero-order valence-corrected chi connectivity index (χ0v) is 15.6. The fraction of sp³-hybridized carbons (Fsp3) is 0.333. The lowest BCUT2D eigenvalue weighted by atomic mass is 9.83. The Morgan fingerprint density at radius 2 is 1.67 bits per heavy atom. The van der Waals surface area contributed by atoms with Crippen LogP contribution < -0.4 is 10.1 Å². The summed E-state index contributed by atoms with van der Waals surface area (Å²) in [5, 5.41) is 23.5. The predicted octanol–water partition coefficient (Wildman–Crippen LogP) is 2.30. The molecule has 0 aliphatic heterocycles. The molecule has 0 amide bonds. The van der Waals surface area contributed by atoms with E-state index in [2.05, 4.69) is 5.32 Å². The van der Waals surface area contributed by atoms with Crippen LogP contribution in [0.4, 0.5) is 0 Å². The van der Waals surface area contributed by atoms with Crippen molar-refractivity contribution in [1.82, 2.24) is 5.32 Å². The highest BCUT2D eigenvalue weighted by molar-refractivity contribution is 6.29. The predicted molar refractivity (Wildman–Crippen MR) is 101 cm³/mol. The molecule has 0 spiro atoms. The number of benzene rings is 2. The molecule has 0 saturated carbocycles. The Hall–Kier alpha value is -2.70. The quantitative estimate of drug-likeness (QED) is 0.639. The molecule has 1 aliphatic rings. The molecule has 1 aliphatic carbocycles. The van der Waals surface area contributed by atoms with Crippen molar-refractivity contribution in [2.24, 2.45) is 0 Å². The maximum Gasteiger partial charge on any atom is 0.198 e. The van der Waals surface area contributed by atoms with Crippen molar-refractivity contribution in [3.8, 4) is 11.5 Å². The molecule has 27 heavy (non-hydrogen) atoms. The maximum absolute atomic E-state index is 12.7. The van der Waals surface area contributed by atoms with Gasteiger partial charge in [-0.25, -0.2) is 0 Å². The number of phenols is 1. The summed E-state index contributed by atoms with van der Waals surface area (Å²) < 4.78 is 5.54. The van der Waals surface area contributed by atoms with E-state index < -0.39 is 11.9 Å². The van der Waals surface area contributed by atoms with E-state index in [1.165, 1.54) is 12.1 Å². The third-order valence-electron chi connectivity index (χ3n) is 4.29. The summed E-state index contributed by atoms with van der Waals surface area (Å²) in [4.78, 5) is 25.4. The van der Waals surface area contributed by atoms with Crippen LogP contribution in [-0.4, -0.2) is 46.6 Å². The number of hydrogen-bond acceptors (Lipinski definition) is 6. The second-order valence-electron chi connectivity index (χ2n) is 7.66. The van der Waals surface area contributed by atoms with Crippen LogP contribution in [0.5, 0.6) is 11.5 Å². The third-order valence-corrected chi connectivity index (χ3v) is 4.29. The van der Waals surface area contributed by atoms with Crippen molar-refractivity contribution in [2.75, 3.05) is 13.2 Å². The minimum atomic E-state index is -0.763. The van der Waals surface area contributed by atoms with Crippen LogP contribution in [0.2, 0.25) is 0 Å². The molecule has 3 rings (SSSR count). The molecule has 1 atom stereocenters. The minimum Gasteiger partial charge on any atom is -0.507 e. The lowest BCUT2D eigenvalue weighted by molar-refractivity contribution is 0.0966. The molecular weight excluding hydrogens is 346 g/mol. The second kappa shape index (κ2) is 7.13. The van der Waals surface area contributed by atoms with Gasteiger partial charge in [0.1, 0.15) is 24.2 Å². The van der Waals surface area contributed by atoms with Crippen LogP contribution >= 0.6 is 0 Å². The Morgan fingerprint density at radius 3 is 2.30 bits per heavy atom. The fourth-order valence-corrected chi connectivity index (χ4v) is 2.94. The molecule has 3 N–H and O–H groups in total. The van der Waals surface area contributed by atoms with Crippen LogP contribution in [0.15, 0.2) is 36.4 Å². The number of ketones is 2. The zero-order valence-electron chi connectivity index (χ0n) is 15.6. The lowest BCUT2D eigenvalue weighted by Crippen LogP contribution is -2.42. The van der Waals surface area contributed by atoms with Crippen molar-refractivity contribution in [3.63, 3.8) is 0 Å². The molecule has 0 radical (unpaired) electrons. The Labute approximate surface area is 157 Å². The van der Waals surface area contributed by atoms with E-state index in [1.807, 2.05) is 20.8 Å². The Balaban J connectivity index is 1.80. The van der Waals surface area contributed by atoms with Gasteiger partial charge in [0.25, 0.3) is 0 Å². The van der Waals surface area contributed by atoms with Crippen LogP contribution in [0.1, 0.15) is 52.6 Å². The topological polar surface area (TPSA) is 95.9 Å². The van der Waals surface area contributed by atoms with Gasteiger partial charge in [0.2, 0.25) is 0 Å². The molecule has 0 aromatic heterocycles. The van der Waals surface area contributed by atoms with E-state index in [-0.39, 0.29) is 46.1 Å². The number of rotatable bonds is 5. The number of ether oxygens (including phenoxy) is 1. The molecule has 6 nitrogen and oxygen atoms in total. The molecule has 0 fully saturated rings. The molecule has 6 heteroatoms. The van der Waals surface area contributed by atoms with Gasteiger partial charge >= 0.3 is 0 Å². The van der Waals surface area contributed by atoms with Gasteiger partial charge in [-0.05, 0) is 26.8 Å². The third kappa shape index (κ3) is 4.02. The van der Waals surface area contributed by atoms with Crippen molar-refractivity contribution in [3.05, 3.63) is 58.7 Å². The lowest BCUT2D eigenvalue weighted by Gasteiger charge is -2.23. The summed E-state index contributed by atoms with van der Waals surface area (Å²) in [7, 11) is 0. The highest BCUT2D eigenvalue weighted by atomic mass is 16.5. The number of aliphatic hydroxyl groups is 1. The average Bonchev–Trinajstić information content (AvgIpc) is 2.61. The van der Waals surface area contributed by atoms with Crippen LogP contribution in [0.3, 0.4) is 0 Å². The van der Waals surface area contributed by atoms with Gasteiger partial charge in [0, 0.05) is 34.8 Å². The van der Waals surface area contributed by atoms with E-state index in [1.54, 1.807) is 24.3 Å². The standard InChI is InChI=1S/C21H23NO5/c1-21(2,3)22-10-12(23)11-27-13-8-16-18(17(24)9-13)20(26)15-7-5-4-6-14(15)19(16)25/h4-9,12,22-24H,10-11H2,1-3H3. The summed E-state index contributed by atoms with van der Waals surface area (Å²) in [6.07, 6.45) is -0.763. The number of hydrogen-bond donors (Lipinski definition) is 3. The Kier molecular flexibility index (Phi) is 5.04. The van der Waals surface area contributed by atoms with Gasteiger partial charge in [0.05, 0.1) is 5.56 Å². The van der Waals surface area contributed by atoms with Gasteiger partial charge in [-0.1, -0.05) is 24.3 Å². The normalized spacial score (nSPS) is 14.5. The minimum absolute atomic E-state index is 0.0130. The molecule has 0 bridgehead atoms. The second-order valence-corrected chi connectivity index (χ2v) is 7.66. The molecule has 1 unspecified atom stereocenters. The summed E-state index contributed by atoms with van der Waals surface area (Å²) in [6.45, 7) is 6.29. The first-order chi connectivity index (χ1) is 12.7. The number of carbonyl (C=O) groups excluding carboxylic acids is 2. The summed E-state index contributed by atoms with van der Waals surface area (Å²) in [5.74, 6) is -0.811. The Morgan fingerprint density at radius 1 is 1.04 bits per heavy atom. The molecule has 142 valence electrons. The van der Waals surface area contributed by atoms with Crippen LogP contribution in [-0.2, 0) is 0 Å². The monoisotopic (exact) mass is 369 g/mol. The first-order valence-corrected chi connectivity index (χ1v) is 8.78. The van der Waals surface area contributed by atoms with Gasteiger partial charge in [-0.3, -0.25) is 9.59 Å². The zero-order chi connectivity index (χ0) is 19.8. The van der Waals surface area contributed by atoms with Crippen molar-refractivity contribution < 1.29 is 24.5 Å². The first kappa shape index (κ1) is 19.1. The number of β-amino-alcohol motifs (C(OH)–C–C–N with tert-alkyl or cyclic N) is 1. The van der Waals surface area contributed by atoms with E-state index in [0.29, 0.717) is 12.1 Å². The van der Waals surface area contributed by atoms with Crippen molar-refractivity contribution in [2.45, 2.75) is 32.4 Å². The number of carbonyl (C=O) groups is 2. The molecule has 0 saturated heterocycles. The fourth-order valence-electron chi connectivity index (χ4n) is 2.94. The number of nitrogens with one attached hydrogen (secondary N) is 1. The highest BCUT2D eigenvalue weighted by Gasteiger charge is 2.32. The average molecular weight is 369 g/mol. The molecule has 2 aromatic carbocycles. The smallest absolute Gasteiger partial charge is 0.198 e. The molecule has 2 aromatic rings. The Bertz CT molecular complexity index is 898. The number of phenolic OH excluding ortho intramolecular Hbond substituents is 1. The van der Waals surface area contributed by atoms with Gasteiger partial charge in [0.15, 0.2) is 11.6 Å². The summed E-state index contributed by atoms with van der Waals surface area (Å²) >= 11 is 0. The maximum atomic E-state index is 12.7. The largest absolute Gasteiger partial charge is 0.507 e. The number of fused-ring (bicyclic) bond motifs is 2.